The van der Waals surface area contributed by atoms with Gasteiger partial charge in [0.25, 0.3) is 5.91 Å². The standard InChI is InChI=1S/C21H20ClNO5/c1-4-13-8-21(25)28-18-9-14(5-6-15(13)18)27-11-20(24)23-17-7-12(2)16(22)10-19(17)26-3/h5-10H,4,11H2,1-3H3,(H,23,24). The Hall–Kier alpha value is -2.99. The minimum Gasteiger partial charge on any atom is -0.495 e. The van der Waals surface area contributed by atoms with Gasteiger partial charge in [0.15, 0.2) is 6.61 Å². The molecular formula is C21H20ClNO5. The summed E-state index contributed by atoms with van der Waals surface area (Å²) >= 11 is 6.07. The molecule has 0 radical (unpaired) electrons. The predicted molar refractivity (Wildman–Crippen MR) is 109 cm³/mol. The number of anilines is 1. The molecular weight excluding hydrogens is 382 g/mol. The maximum absolute atomic E-state index is 12.3. The summed E-state index contributed by atoms with van der Waals surface area (Å²) in [6.45, 7) is 3.59. The second-order valence-electron chi connectivity index (χ2n) is 6.24. The summed E-state index contributed by atoms with van der Waals surface area (Å²) in [6, 6.07) is 10.0. The number of hydrogen-bond donors (Lipinski definition) is 1. The van der Waals surface area contributed by atoms with E-state index in [-0.39, 0.29) is 12.5 Å². The van der Waals surface area contributed by atoms with E-state index in [1.54, 1.807) is 24.3 Å². The monoisotopic (exact) mass is 401 g/mol. The van der Waals surface area contributed by atoms with Gasteiger partial charge in [-0.25, -0.2) is 4.79 Å². The van der Waals surface area contributed by atoms with Gasteiger partial charge in [-0.3, -0.25) is 4.79 Å². The Balaban J connectivity index is 1.73. The molecule has 0 unspecified atom stereocenters. The Morgan fingerprint density at radius 3 is 2.71 bits per heavy atom. The van der Waals surface area contributed by atoms with Gasteiger partial charge >= 0.3 is 5.63 Å². The van der Waals surface area contributed by atoms with Crippen LogP contribution in [0.5, 0.6) is 11.5 Å². The number of fused-ring (bicyclic) bond motifs is 1. The number of ether oxygens (including phenoxy) is 2. The molecule has 7 heteroatoms. The highest BCUT2D eigenvalue weighted by Gasteiger charge is 2.12. The lowest BCUT2D eigenvalue weighted by molar-refractivity contribution is -0.118. The van der Waals surface area contributed by atoms with Crippen LogP contribution in [0.2, 0.25) is 5.02 Å². The van der Waals surface area contributed by atoms with Gasteiger partial charge in [0, 0.05) is 28.6 Å². The van der Waals surface area contributed by atoms with Crippen LogP contribution in [0, 0.1) is 6.92 Å². The molecule has 3 rings (SSSR count). The SMILES string of the molecule is CCc1cc(=O)oc2cc(OCC(=O)Nc3cc(C)c(Cl)cc3OC)ccc12. The topological polar surface area (TPSA) is 77.8 Å². The molecule has 0 saturated heterocycles. The number of nitrogens with one attached hydrogen (secondary N) is 1. The van der Waals surface area contributed by atoms with Crippen molar-refractivity contribution >= 4 is 34.2 Å². The van der Waals surface area contributed by atoms with E-state index >= 15 is 0 Å². The minimum atomic E-state index is -0.413. The lowest BCUT2D eigenvalue weighted by Crippen LogP contribution is -2.20. The summed E-state index contributed by atoms with van der Waals surface area (Å²) in [5, 5.41) is 4.14. The van der Waals surface area contributed by atoms with E-state index in [0.717, 1.165) is 16.5 Å². The molecule has 0 atom stereocenters. The van der Waals surface area contributed by atoms with E-state index in [4.69, 9.17) is 25.5 Å². The molecule has 146 valence electrons. The van der Waals surface area contributed by atoms with Crippen molar-refractivity contribution in [1.29, 1.82) is 0 Å². The van der Waals surface area contributed by atoms with Crippen LogP contribution in [0.15, 0.2) is 45.6 Å². The summed E-state index contributed by atoms with van der Waals surface area (Å²) in [5.41, 5.74) is 2.24. The summed E-state index contributed by atoms with van der Waals surface area (Å²) in [6.07, 6.45) is 0.715. The van der Waals surface area contributed by atoms with Crippen molar-refractivity contribution in [2.75, 3.05) is 19.0 Å². The molecule has 0 spiro atoms. The van der Waals surface area contributed by atoms with Crippen LogP contribution in [0.25, 0.3) is 11.0 Å². The molecule has 0 saturated carbocycles. The van der Waals surface area contributed by atoms with Gasteiger partial charge in [-0.15, -0.1) is 0 Å². The van der Waals surface area contributed by atoms with Gasteiger partial charge in [-0.1, -0.05) is 18.5 Å². The first-order chi connectivity index (χ1) is 13.4. The lowest BCUT2D eigenvalue weighted by Gasteiger charge is -2.13. The highest BCUT2D eigenvalue weighted by atomic mass is 35.5. The number of benzene rings is 2. The van der Waals surface area contributed by atoms with Crippen molar-refractivity contribution in [3.63, 3.8) is 0 Å². The Bertz CT molecular complexity index is 1090. The van der Waals surface area contributed by atoms with E-state index in [1.165, 1.54) is 13.2 Å². The quantitative estimate of drug-likeness (QED) is 0.621. The fraction of sp³-hybridized carbons (Fsp3) is 0.238. The predicted octanol–water partition coefficient (Wildman–Crippen LogP) is 4.34. The zero-order valence-corrected chi connectivity index (χ0v) is 16.6. The molecule has 1 amide bonds. The number of hydrogen-bond acceptors (Lipinski definition) is 5. The van der Waals surface area contributed by atoms with Gasteiger partial charge in [0.1, 0.15) is 17.1 Å². The highest BCUT2D eigenvalue weighted by Crippen LogP contribution is 2.31. The van der Waals surface area contributed by atoms with E-state index < -0.39 is 5.63 Å². The number of halogens is 1. The molecule has 0 aliphatic carbocycles. The maximum Gasteiger partial charge on any atom is 0.336 e. The molecule has 0 aliphatic heterocycles. The molecule has 1 aromatic heterocycles. The first-order valence-electron chi connectivity index (χ1n) is 8.74. The van der Waals surface area contributed by atoms with Crippen LogP contribution >= 0.6 is 11.6 Å². The summed E-state index contributed by atoms with van der Waals surface area (Å²) < 4.78 is 16.0. The lowest BCUT2D eigenvalue weighted by atomic mass is 10.1. The van der Waals surface area contributed by atoms with Crippen molar-refractivity contribution < 1.29 is 18.7 Å². The number of methoxy groups -OCH3 is 1. The molecule has 3 aromatic rings. The van der Waals surface area contributed by atoms with Gasteiger partial charge in [0.2, 0.25) is 0 Å². The average Bonchev–Trinajstić information content (AvgIpc) is 2.67. The number of carbonyl (C=O) groups is 1. The number of rotatable bonds is 6. The Kier molecular flexibility index (Phi) is 5.90. The van der Waals surface area contributed by atoms with Crippen LogP contribution in [0.3, 0.4) is 0 Å². The smallest absolute Gasteiger partial charge is 0.336 e. The number of aryl methyl sites for hydroxylation is 2. The third-order valence-electron chi connectivity index (χ3n) is 4.31. The fourth-order valence-electron chi connectivity index (χ4n) is 2.86. The number of amides is 1. The number of carbonyl (C=O) groups excluding carboxylic acids is 1. The van der Waals surface area contributed by atoms with E-state index in [1.807, 2.05) is 19.9 Å². The average molecular weight is 402 g/mol. The van der Waals surface area contributed by atoms with Crippen molar-refractivity contribution in [2.45, 2.75) is 20.3 Å². The maximum atomic E-state index is 12.3. The zero-order chi connectivity index (χ0) is 20.3. The second-order valence-corrected chi connectivity index (χ2v) is 6.65. The first kappa shape index (κ1) is 19.8. The van der Waals surface area contributed by atoms with Gasteiger partial charge in [-0.2, -0.15) is 0 Å². The third-order valence-corrected chi connectivity index (χ3v) is 4.71. The van der Waals surface area contributed by atoms with Crippen LogP contribution in [0.1, 0.15) is 18.1 Å². The van der Waals surface area contributed by atoms with E-state index in [2.05, 4.69) is 5.32 Å². The Labute approximate surface area is 167 Å². The summed E-state index contributed by atoms with van der Waals surface area (Å²) in [4.78, 5) is 23.9. The largest absolute Gasteiger partial charge is 0.495 e. The molecule has 2 aromatic carbocycles. The molecule has 0 bridgehead atoms. The first-order valence-corrected chi connectivity index (χ1v) is 9.12. The molecule has 0 aliphatic rings. The third kappa shape index (κ3) is 4.28. The highest BCUT2D eigenvalue weighted by molar-refractivity contribution is 6.31. The van der Waals surface area contributed by atoms with Crippen LogP contribution in [-0.4, -0.2) is 19.6 Å². The molecule has 1 N–H and O–H groups in total. The Morgan fingerprint density at radius 2 is 2.00 bits per heavy atom. The van der Waals surface area contributed by atoms with E-state index in [0.29, 0.717) is 34.2 Å². The van der Waals surface area contributed by atoms with Crippen LogP contribution in [0.4, 0.5) is 5.69 Å². The zero-order valence-electron chi connectivity index (χ0n) is 15.8. The molecule has 1 heterocycles. The minimum absolute atomic E-state index is 0.214. The summed E-state index contributed by atoms with van der Waals surface area (Å²) in [7, 11) is 1.50. The second kappa shape index (κ2) is 8.35. The molecule has 28 heavy (non-hydrogen) atoms. The van der Waals surface area contributed by atoms with Crippen LogP contribution < -0.4 is 20.4 Å². The molecule has 6 nitrogen and oxygen atoms in total. The van der Waals surface area contributed by atoms with Crippen molar-refractivity contribution in [1.82, 2.24) is 0 Å². The normalized spacial score (nSPS) is 10.7. The molecule has 0 fully saturated rings. The Morgan fingerprint density at radius 1 is 1.21 bits per heavy atom. The van der Waals surface area contributed by atoms with Crippen LogP contribution in [-0.2, 0) is 11.2 Å². The van der Waals surface area contributed by atoms with E-state index in [9.17, 15) is 9.59 Å². The fourth-order valence-corrected chi connectivity index (χ4v) is 3.01. The van der Waals surface area contributed by atoms with Gasteiger partial charge < -0.3 is 19.2 Å². The van der Waals surface area contributed by atoms with Gasteiger partial charge in [0.05, 0.1) is 12.8 Å². The van der Waals surface area contributed by atoms with Gasteiger partial charge in [-0.05, 0) is 42.7 Å². The summed E-state index contributed by atoms with van der Waals surface area (Å²) in [5.74, 6) is 0.533. The van der Waals surface area contributed by atoms with Crippen molar-refractivity contribution in [3.05, 3.63) is 63.0 Å². The van der Waals surface area contributed by atoms with Crippen molar-refractivity contribution in [3.8, 4) is 11.5 Å². The van der Waals surface area contributed by atoms with Crippen molar-refractivity contribution in [2.24, 2.45) is 0 Å².